The summed E-state index contributed by atoms with van der Waals surface area (Å²) in [6.07, 6.45) is 1.31. The van der Waals surface area contributed by atoms with Gasteiger partial charge in [0.1, 0.15) is 5.75 Å². The Morgan fingerprint density at radius 3 is 2.67 bits per heavy atom. The zero-order valence-electron chi connectivity index (χ0n) is 11.7. The molecule has 4 N–H and O–H groups in total. The van der Waals surface area contributed by atoms with Gasteiger partial charge in [0.05, 0.1) is 21.1 Å². The molecule has 5 nitrogen and oxygen atoms in total. The number of halogens is 1. The van der Waals surface area contributed by atoms with Gasteiger partial charge in [-0.3, -0.25) is 4.79 Å². The van der Waals surface area contributed by atoms with Crippen LogP contribution in [0.1, 0.15) is 23.2 Å². The summed E-state index contributed by atoms with van der Waals surface area (Å²) in [5.41, 5.74) is 5.37. The summed E-state index contributed by atoms with van der Waals surface area (Å²) < 4.78 is 0. The predicted octanol–water partition coefficient (Wildman–Crippen LogP) is 1.53. The Hall–Kier alpha value is -1.37. The van der Waals surface area contributed by atoms with E-state index in [1.54, 1.807) is 0 Å². The molecular formula is C14H18ClN3O2S. The third-order valence-electron chi connectivity index (χ3n) is 3.86. The second-order valence-corrected chi connectivity index (χ2v) is 6.21. The van der Waals surface area contributed by atoms with Crippen LogP contribution in [0.3, 0.4) is 0 Å². The fraction of sp³-hybridized carbons (Fsp3) is 0.429. The van der Waals surface area contributed by atoms with Crippen LogP contribution in [0.25, 0.3) is 0 Å². The number of hydrogen-bond acceptors (Lipinski definition) is 4. The summed E-state index contributed by atoms with van der Waals surface area (Å²) in [5, 5.41) is 12.7. The fourth-order valence-electron chi connectivity index (χ4n) is 2.41. The average molecular weight is 328 g/mol. The molecule has 0 atom stereocenters. The van der Waals surface area contributed by atoms with Crippen LogP contribution in [0.15, 0.2) is 18.2 Å². The zero-order chi connectivity index (χ0) is 15.6. The van der Waals surface area contributed by atoms with Gasteiger partial charge in [0.15, 0.2) is 0 Å². The lowest BCUT2D eigenvalue weighted by Crippen LogP contribution is -2.61. The number of rotatable bonds is 3. The number of phenols is 1. The first-order valence-corrected chi connectivity index (χ1v) is 7.42. The van der Waals surface area contributed by atoms with Crippen LogP contribution in [0.4, 0.5) is 0 Å². The maximum atomic E-state index is 12.4. The Labute approximate surface area is 134 Å². The molecule has 1 amide bonds. The van der Waals surface area contributed by atoms with E-state index in [9.17, 15) is 9.90 Å². The molecule has 0 spiro atoms. The summed E-state index contributed by atoms with van der Waals surface area (Å²) in [6.45, 7) is 1.59. The number of aromatic hydroxyl groups is 1. The van der Waals surface area contributed by atoms with E-state index in [0.29, 0.717) is 12.8 Å². The molecule has 1 aliphatic heterocycles. The van der Waals surface area contributed by atoms with Gasteiger partial charge in [-0.05, 0) is 38.1 Å². The highest BCUT2D eigenvalue weighted by atomic mass is 35.5. The summed E-state index contributed by atoms with van der Waals surface area (Å²) in [7, 11) is 2.01. The molecule has 1 saturated heterocycles. The number of nitrogens with two attached hydrogens (primary N) is 1. The van der Waals surface area contributed by atoms with Crippen LogP contribution in [0.5, 0.6) is 5.75 Å². The van der Waals surface area contributed by atoms with Crippen molar-refractivity contribution in [2.75, 3.05) is 20.1 Å². The third kappa shape index (κ3) is 3.45. The number of carbonyl (C=O) groups excluding carboxylic acids is 1. The van der Waals surface area contributed by atoms with Crippen LogP contribution in [-0.2, 0) is 0 Å². The van der Waals surface area contributed by atoms with Crippen LogP contribution in [0.2, 0.25) is 5.02 Å². The van der Waals surface area contributed by atoms with Gasteiger partial charge in [-0.25, -0.2) is 0 Å². The Morgan fingerprint density at radius 2 is 2.10 bits per heavy atom. The summed E-state index contributed by atoms with van der Waals surface area (Å²) in [5.74, 6) is -0.398. The Morgan fingerprint density at radius 1 is 1.48 bits per heavy atom. The van der Waals surface area contributed by atoms with E-state index in [2.05, 4.69) is 10.2 Å². The van der Waals surface area contributed by atoms with Crippen molar-refractivity contribution in [3.05, 3.63) is 28.8 Å². The van der Waals surface area contributed by atoms with E-state index in [1.165, 1.54) is 18.2 Å². The maximum absolute atomic E-state index is 12.4. The number of carbonyl (C=O) groups is 1. The number of amides is 1. The van der Waals surface area contributed by atoms with E-state index in [0.717, 1.165) is 13.1 Å². The minimum Gasteiger partial charge on any atom is -0.508 e. The molecule has 7 heteroatoms. The number of phenolic OH excluding ortho intramolecular Hbond substituents is 1. The molecule has 0 aliphatic carbocycles. The number of piperidine rings is 1. The molecular weight excluding hydrogens is 310 g/mol. The van der Waals surface area contributed by atoms with E-state index < -0.39 is 5.54 Å². The van der Waals surface area contributed by atoms with Gasteiger partial charge in [-0.15, -0.1) is 0 Å². The van der Waals surface area contributed by atoms with Gasteiger partial charge < -0.3 is 21.1 Å². The average Bonchev–Trinajstić information content (AvgIpc) is 2.44. The fourth-order valence-corrected chi connectivity index (χ4v) is 2.86. The lowest BCUT2D eigenvalue weighted by Gasteiger charge is -2.40. The molecule has 21 heavy (non-hydrogen) atoms. The molecule has 1 heterocycles. The van der Waals surface area contributed by atoms with Gasteiger partial charge >= 0.3 is 0 Å². The number of nitrogens with one attached hydrogen (secondary N) is 1. The topological polar surface area (TPSA) is 78.6 Å². The number of hydrogen-bond donors (Lipinski definition) is 3. The van der Waals surface area contributed by atoms with Crippen molar-refractivity contribution in [1.82, 2.24) is 10.2 Å². The monoisotopic (exact) mass is 327 g/mol. The predicted molar refractivity (Wildman–Crippen MR) is 86.8 cm³/mol. The first kappa shape index (κ1) is 16.0. The summed E-state index contributed by atoms with van der Waals surface area (Å²) in [4.78, 5) is 14.9. The maximum Gasteiger partial charge on any atom is 0.253 e. The molecule has 0 bridgehead atoms. The normalized spacial score (nSPS) is 18.2. The van der Waals surface area contributed by atoms with Gasteiger partial charge in [0, 0.05) is 13.1 Å². The van der Waals surface area contributed by atoms with Gasteiger partial charge in [-0.1, -0.05) is 23.8 Å². The van der Waals surface area contributed by atoms with Crippen molar-refractivity contribution >= 4 is 34.7 Å². The van der Waals surface area contributed by atoms with Crippen molar-refractivity contribution < 1.29 is 9.90 Å². The highest BCUT2D eigenvalue weighted by Gasteiger charge is 2.38. The van der Waals surface area contributed by atoms with E-state index >= 15 is 0 Å². The molecule has 0 aromatic heterocycles. The second-order valence-electron chi connectivity index (χ2n) is 5.37. The molecule has 1 aromatic carbocycles. The van der Waals surface area contributed by atoms with Crippen LogP contribution in [0, 0.1) is 0 Å². The first-order chi connectivity index (χ1) is 9.84. The Bertz CT molecular complexity index is 571. The van der Waals surface area contributed by atoms with Crippen LogP contribution < -0.4 is 11.1 Å². The van der Waals surface area contributed by atoms with E-state index in [-0.39, 0.29) is 27.2 Å². The largest absolute Gasteiger partial charge is 0.508 e. The molecule has 0 saturated carbocycles. The molecule has 1 fully saturated rings. The minimum atomic E-state index is -0.701. The van der Waals surface area contributed by atoms with Crippen LogP contribution in [-0.4, -0.2) is 46.6 Å². The Kier molecular flexibility index (Phi) is 4.70. The first-order valence-electron chi connectivity index (χ1n) is 6.63. The molecule has 1 aromatic rings. The molecule has 0 unspecified atom stereocenters. The summed E-state index contributed by atoms with van der Waals surface area (Å²) >= 11 is 11.2. The number of likely N-dealkylation sites (tertiary alicyclic amines) is 1. The quantitative estimate of drug-likeness (QED) is 0.734. The number of thiocarbonyl (C=S) groups is 1. The van der Waals surface area contributed by atoms with Crippen molar-refractivity contribution in [3.8, 4) is 5.75 Å². The van der Waals surface area contributed by atoms with Crippen molar-refractivity contribution in [3.63, 3.8) is 0 Å². The van der Waals surface area contributed by atoms with Gasteiger partial charge in [0.2, 0.25) is 0 Å². The van der Waals surface area contributed by atoms with Crippen molar-refractivity contribution in [1.29, 1.82) is 0 Å². The van der Waals surface area contributed by atoms with Crippen LogP contribution >= 0.6 is 23.8 Å². The van der Waals surface area contributed by atoms with Gasteiger partial charge in [0.25, 0.3) is 5.91 Å². The summed E-state index contributed by atoms with van der Waals surface area (Å²) in [6, 6.07) is 4.24. The molecule has 114 valence electrons. The SMILES string of the molecule is CN1CCC(NC(=O)c2cc(O)ccc2Cl)(C(N)=S)CC1. The smallest absolute Gasteiger partial charge is 0.253 e. The van der Waals surface area contributed by atoms with Crippen molar-refractivity contribution in [2.24, 2.45) is 5.73 Å². The molecule has 0 radical (unpaired) electrons. The lowest BCUT2D eigenvalue weighted by molar-refractivity contribution is 0.0890. The van der Waals surface area contributed by atoms with E-state index in [1.807, 2.05) is 7.05 Å². The highest BCUT2D eigenvalue weighted by molar-refractivity contribution is 7.80. The highest BCUT2D eigenvalue weighted by Crippen LogP contribution is 2.25. The van der Waals surface area contributed by atoms with Gasteiger partial charge in [-0.2, -0.15) is 0 Å². The second kappa shape index (κ2) is 6.17. The zero-order valence-corrected chi connectivity index (χ0v) is 13.3. The lowest BCUT2D eigenvalue weighted by atomic mass is 9.87. The molecule has 1 aliphatic rings. The standard InChI is InChI=1S/C14H18ClN3O2S/c1-18-6-4-14(5-7-18,13(16)21)17-12(20)10-8-9(19)2-3-11(10)15/h2-3,8,19H,4-7H2,1H3,(H2,16,21)(H,17,20). The minimum absolute atomic E-state index is 0.0164. The molecule has 2 rings (SSSR count). The third-order valence-corrected chi connectivity index (χ3v) is 4.58. The van der Waals surface area contributed by atoms with E-state index in [4.69, 9.17) is 29.6 Å². The number of nitrogens with zero attached hydrogens (tertiary/aromatic N) is 1. The number of benzene rings is 1. The Balaban J connectivity index is 2.23. The van der Waals surface area contributed by atoms with Crippen molar-refractivity contribution in [2.45, 2.75) is 18.4 Å².